The third kappa shape index (κ3) is 4.58. The summed E-state index contributed by atoms with van der Waals surface area (Å²) in [5, 5.41) is 10.7. The first kappa shape index (κ1) is 15.5. The Bertz CT molecular complexity index is 368. The van der Waals surface area contributed by atoms with Crippen molar-refractivity contribution in [3.63, 3.8) is 0 Å². The number of hydrogen-bond donors (Lipinski definition) is 1. The van der Waals surface area contributed by atoms with Gasteiger partial charge in [0.25, 0.3) is 0 Å². The summed E-state index contributed by atoms with van der Waals surface area (Å²) in [6, 6.07) is 4.49. The molecule has 102 valence electrons. The second-order valence-electron chi connectivity index (χ2n) is 4.82. The molecule has 0 fully saturated rings. The first-order valence-electron chi connectivity index (χ1n) is 6.70. The first-order valence-corrected chi connectivity index (χ1v) is 7.08. The summed E-state index contributed by atoms with van der Waals surface area (Å²) in [4.78, 5) is 0. The van der Waals surface area contributed by atoms with Gasteiger partial charge in [-0.2, -0.15) is 0 Å². The Labute approximate surface area is 114 Å². The topological polar surface area (TPSA) is 20.2 Å². The number of aliphatic hydroxyl groups is 1. The van der Waals surface area contributed by atoms with Crippen LogP contribution in [-0.2, 0) is 6.42 Å². The van der Waals surface area contributed by atoms with E-state index in [1.165, 1.54) is 12.1 Å². The van der Waals surface area contributed by atoms with Gasteiger partial charge >= 0.3 is 0 Å². The average Bonchev–Trinajstić information content (AvgIpc) is 2.35. The van der Waals surface area contributed by atoms with Crippen LogP contribution in [-0.4, -0.2) is 11.2 Å². The lowest BCUT2D eigenvalue weighted by Crippen LogP contribution is -2.23. The lowest BCUT2D eigenvalue weighted by Gasteiger charge is -2.21. The van der Waals surface area contributed by atoms with Gasteiger partial charge in [0.05, 0.1) is 6.10 Å². The molecule has 0 radical (unpaired) electrons. The van der Waals surface area contributed by atoms with E-state index < -0.39 is 6.10 Å². The summed E-state index contributed by atoms with van der Waals surface area (Å²) in [5.41, 5.74) is 0.505. The molecule has 0 aliphatic carbocycles. The second-order valence-corrected chi connectivity index (χ2v) is 5.25. The van der Waals surface area contributed by atoms with E-state index in [-0.39, 0.29) is 11.7 Å². The van der Waals surface area contributed by atoms with Crippen LogP contribution in [0.1, 0.15) is 45.1 Å². The summed E-state index contributed by atoms with van der Waals surface area (Å²) in [7, 11) is 0. The highest BCUT2D eigenvalue weighted by Crippen LogP contribution is 2.23. The minimum atomic E-state index is -0.491. The van der Waals surface area contributed by atoms with Gasteiger partial charge in [-0.1, -0.05) is 44.7 Å². The summed E-state index contributed by atoms with van der Waals surface area (Å²) in [5.74, 6) is -0.0490. The summed E-state index contributed by atoms with van der Waals surface area (Å²) in [6.45, 7) is 4.20. The van der Waals surface area contributed by atoms with Crippen molar-refractivity contribution >= 4 is 11.6 Å². The zero-order valence-corrected chi connectivity index (χ0v) is 11.9. The molecule has 1 aromatic carbocycles. The first-order chi connectivity index (χ1) is 8.58. The van der Waals surface area contributed by atoms with Crippen molar-refractivity contribution in [2.45, 2.75) is 52.1 Å². The maximum absolute atomic E-state index is 13.6. The highest BCUT2D eigenvalue weighted by atomic mass is 35.5. The standard InChI is InChI=1S/C15H22ClFO/c1-3-5-6-11(4-2)15(18)10-12-9-13(16)7-8-14(12)17/h7-9,11,15,18H,3-6,10H2,1-2H3. The molecule has 2 atom stereocenters. The van der Waals surface area contributed by atoms with Gasteiger partial charge < -0.3 is 5.11 Å². The second kappa shape index (κ2) is 7.75. The fraction of sp³-hybridized carbons (Fsp3) is 0.600. The highest BCUT2D eigenvalue weighted by Gasteiger charge is 2.19. The van der Waals surface area contributed by atoms with Gasteiger partial charge in [0.1, 0.15) is 5.82 Å². The maximum Gasteiger partial charge on any atom is 0.126 e. The van der Waals surface area contributed by atoms with Crippen molar-refractivity contribution in [3.05, 3.63) is 34.6 Å². The molecule has 0 amide bonds. The van der Waals surface area contributed by atoms with E-state index in [1.807, 2.05) is 0 Å². The quantitative estimate of drug-likeness (QED) is 0.769. The minimum absolute atomic E-state index is 0.239. The van der Waals surface area contributed by atoms with Crippen molar-refractivity contribution < 1.29 is 9.50 Å². The van der Waals surface area contributed by atoms with E-state index in [0.717, 1.165) is 25.7 Å². The van der Waals surface area contributed by atoms with E-state index >= 15 is 0 Å². The van der Waals surface area contributed by atoms with Crippen LogP contribution in [0.2, 0.25) is 5.02 Å². The zero-order valence-electron chi connectivity index (χ0n) is 11.1. The molecule has 0 spiro atoms. The van der Waals surface area contributed by atoms with E-state index in [0.29, 0.717) is 17.0 Å². The Balaban J connectivity index is 2.66. The molecule has 0 aromatic heterocycles. The molecule has 0 aliphatic heterocycles. The van der Waals surface area contributed by atoms with Crippen LogP contribution in [0.4, 0.5) is 4.39 Å². The normalized spacial score (nSPS) is 14.5. The molecule has 3 heteroatoms. The van der Waals surface area contributed by atoms with Gasteiger partial charge in [0.15, 0.2) is 0 Å². The number of aliphatic hydroxyl groups excluding tert-OH is 1. The SMILES string of the molecule is CCCCC(CC)C(O)Cc1cc(Cl)ccc1F. The van der Waals surface area contributed by atoms with Crippen molar-refractivity contribution in [1.82, 2.24) is 0 Å². The fourth-order valence-electron chi connectivity index (χ4n) is 2.23. The number of benzene rings is 1. The number of rotatable bonds is 7. The largest absolute Gasteiger partial charge is 0.392 e. The number of halogens is 2. The lowest BCUT2D eigenvalue weighted by atomic mass is 9.89. The van der Waals surface area contributed by atoms with Crippen LogP contribution in [0.3, 0.4) is 0 Å². The molecule has 0 heterocycles. The van der Waals surface area contributed by atoms with Crippen LogP contribution in [0.5, 0.6) is 0 Å². The van der Waals surface area contributed by atoms with Gasteiger partial charge in [-0.15, -0.1) is 0 Å². The van der Waals surface area contributed by atoms with Gasteiger partial charge in [-0.3, -0.25) is 0 Å². The van der Waals surface area contributed by atoms with Crippen LogP contribution in [0, 0.1) is 11.7 Å². The monoisotopic (exact) mass is 272 g/mol. The van der Waals surface area contributed by atoms with E-state index in [4.69, 9.17) is 11.6 Å². The van der Waals surface area contributed by atoms with Crippen LogP contribution < -0.4 is 0 Å². The predicted molar refractivity (Wildman–Crippen MR) is 74.4 cm³/mol. The Morgan fingerprint density at radius 1 is 1.33 bits per heavy atom. The molecule has 2 unspecified atom stereocenters. The summed E-state index contributed by atoms with van der Waals surface area (Å²) in [6.07, 6.45) is 3.99. The van der Waals surface area contributed by atoms with Crippen LogP contribution in [0.25, 0.3) is 0 Å². The molecule has 0 bridgehead atoms. The molecule has 0 aliphatic rings. The van der Waals surface area contributed by atoms with Crippen molar-refractivity contribution in [2.75, 3.05) is 0 Å². The van der Waals surface area contributed by atoms with Crippen molar-refractivity contribution in [1.29, 1.82) is 0 Å². The van der Waals surface area contributed by atoms with Crippen molar-refractivity contribution in [2.24, 2.45) is 5.92 Å². The molecule has 1 N–H and O–H groups in total. The Kier molecular flexibility index (Phi) is 6.66. The lowest BCUT2D eigenvalue weighted by molar-refractivity contribution is 0.0979. The number of unbranched alkanes of at least 4 members (excludes halogenated alkanes) is 1. The molecular weight excluding hydrogens is 251 g/mol. The van der Waals surface area contributed by atoms with Gasteiger partial charge in [0, 0.05) is 11.4 Å². The molecule has 1 nitrogen and oxygen atoms in total. The molecular formula is C15H22ClFO. The molecule has 1 aromatic rings. The predicted octanol–water partition coefficient (Wildman–Crippen LogP) is 4.60. The Morgan fingerprint density at radius 3 is 2.67 bits per heavy atom. The third-order valence-electron chi connectivity index (χ3n) is 3.43. The van der Waals surface area contributed by atoms with Gasteiger partial charge in [-0.05, 0) is 36.1 Å². The zero-order chi connectivity index (χ0) is 13.5. The van der Waals surface area contributed by atoms with E-state index in [9.17, 15) is 9.50 Å². The fourth-order valence-corrected chi connectivity index (χ4v) is 2.42. The number of hydrogen-bond acceptors (Lipinski definition) is 1. The van der Waals surface area contributed by atoms with Gasteiger partial charge in [-0.25, -0.2) is 4.39 Å². The highest BCUT2D eigenvalue weighted by molar-refractivity contribution is 6.30. The molecule has 0 saturated heterocycles. The van der Waals surface area contributed by atoms with E-state index in [2.05, 4.69) is 13.8 Å². The van der Waals surface area contributed by atoms with Crippen LogP contribution in [0.15, 0.2) is 18.2 Å². The summed E-state index contributed by atoms with van der Waals surface area (Å²) < 4.78 is 13.6. The summed E-state index contributed by atoms with van der Waals surface area (Å²) >= 11 is 5.85. The molecule has 0 saturated carbocycles. The van der Waals surface area contributed by atoms with Crippen LogP contribution >= 0.6 is 11.6 Å². The molecule has 1 rings (SSSR count). The van der Waals surface area contributed by atoms with Gasteiger partial charge in [0.2, 0.25) is 0 Å². The third-order valence-corrected chi connectivity index (χ3v) is 3.67. The minimum Gasteiger partial charge on any atom is -0.392 e. The van der Waals surface area contributed by atoms with E-state index in [1.54, 1.807) is 6.07 Å². The Hall–Kier alpha value is -0.600. The average molecular weight is 273 g/mol. The Morgan fingerprint density at radius 2 is 2.06 bits per heavy atom. The smallest absolute Gasteiger partial charge is 0.126 e. The van der Waals surface area contributed by atoms with Crippen molar-refractivity contribution in [3.8, 4) is 0 Å². The maximum atomic E-state index is 13.6. The molecule has 18 heavy (non-hydrogen) atoms.